The van der Waals surface area contributed by atoms with Crippen molar-refractivity contribution in [1.82, 2.24) is 5.32 Å². The summed E-state index contributed by atoms with van der Waals surface area (Å²) in [6.07, 6.45) is 2.38. The number of hydrogen-bond acceptors (Lipinski definition) is 8. The predicted octanol–water partition coefficient (Wildman–Crippen LogP) is 4.93. The second-order valence-corrected chi connectivity index (χ2v) is 9.29. The molecule has 1 unspecified atom stereocenters. The highest BCUT2D eigenvalue weighted by Gasteiger charge is 2.21. The molecule has 38 heavy (non-hydrogen) atoms. The highest BCUT2D eigenvalue weighted by molar-refractivity contribution is 5.87. The maximum atomic E-state index is 12.4. The van der Waals surface area contributed by atoms with Crippen LogP contribution in [0.2, 0.25) is 0 Å². The fraction of sp³-hybridized carbons (Fsp3) is 0.379. The van der Waals surface area contributed by atoms with Crippen molar-refractivity contribution >= 4 is 24.1 Å². The van der Waals surface area contributed by atoms with Crippen molar-refractivity contribution in [2.75, 3.05) is 13.2 Å². The van der Waals surface area contributed by atoms with Gasteiger partial charge in [0.15, 0.2) is 0 Å². The van der Waals surface area contributed by atoms with Crippen LogP contribution in [-0.4, -0.2) is 42.9 Å². The van der Waals surface area contributed by atoms with Crippen LogP contribution in [0, 0.1) is 11.3 Å². The number of rotatable bonds is 12. The number of alkyl carbamates (subject to hydrolysis) is 1. The van der Waals surface area contributed by atoms with E-state index in [-0.39, 0.29) is 32.7 Å². The van der Waals surface area contributed by atoms with Gasteiger partial charge in [-0.05, 0) is 64.0 Å². The molecule has 0 spiro atoms. The topological polar surface area (TPSA) is 124 Å². The number of carbonyl (C=O) groups is 3. The number of ether oxygens (including phenoxy) is 4. The lowest BCUT2D eigenvalue weighted by Crippen LogP contribution is -2.42. The average Bonchev–Trinajstić information content (AvgIpc) is 2.87. The van der Waals surface area contributed by atoms with Crippen LogP contribution < -0.4 is 10.1 Å². The molecule has 1 N–H and O–H groups in total. The van der Waals surface area contributed by atoms with Gasteiger partial charge in [0.2, 0.25) is 0 Å². The molecule has 2 rings (SSSR count). The van der Waals surface area contributed by atoms with Crippen molar-refractivity contribution in [1.29, 1.82) is 5.26 Å². The Kier molecular flexibility index (Phi) is 11.8. The van der Waals surface area contributed by atoms with E-state index in [1.165, 1.54) is 18.2 Å². The minimum atomic E-state index is -0.712. The summed E-state index contributed by atoms with van der Waals surface area (Å²) < 4.78 is 21.5. The van der Waals surface area contributed by atoms with E-state index in [4.69, 9.17) is 18.9 Å². The second-order valence-electron chi connectivity index (χ2n) is 9.29. The molecule has 9 heteroatoms. The molecule has 0 aliphatic carbocycles. The highest BCUT2D eigenvalue weighted by atomic mass is 16.6. The molecule has 0 bridgehead atoms. The van der Waals surface area contributed by atoms with Gasteiger partial charge in [-0.15, -0.1) is 0 Å². The van der Waals surface area contributed by atoms with Gasteiger partial charge in [-0.3, -0.25) is 4.79 Å². The van der Waals surface area contributed by atoms with Gasteiger partial charge in [-0.1, -0.05) is 30.3 Å². The minimum Gasteiger partial charge on any atom is -0.491 e. The molecule has 0 aliphatic rings. The third kappa shape index (κ3) is 11.6. The molecule has 9 nitrogen and oxygen atoms in total. The molecule has 0 saturated heterocycles. The molecule has 2 aromatic carbocycles. The van der Waals surface area contributed by atoms with Crippen LogP contribution in [-0.2, 0) is 30.4 Å². The number of carbonyl (C=O) groups excluding carboxylic acids is 3. The smallest absolute Gasteiger partial charge is 0.407 e. The van der Waals surface area contributed by atoms with Crippen LogP contribution in [0.4, 0.5) is 4.79 Å². The summed E-state index contributed by atoms with van der Waals surface area (Å²) >= 11 is 0. The molecule has 0 heterocycles. The Labute approximate surface area is 223 Å². The lowest BCUT2D eigenvalue weighted by atomic mass is 10.1. The Morgan fingerprint density at radius 2 is 1.82 bits per heavy atom. The zero-order chi connectivity index (χ0) is 28.0. The summed E-state index contributed by atoms with van der Waals surface area (Å²) in [6, 6.07) is 15.5. The first kappa shape index (κ1) is 29.9. The molecule has 2 aromatic rings. The van der Waals surface area contributed by atoms with Crippen LogP contribution in [0.25, 0.3) is 6.08 Å². The van der Waals surface area contributed by atoms with Gasteiger partial charge in [-0.25, -0.2) is 9.59 Å². The van der Waals surface area contributed by atoms with Gasteiger partial charge in [-0.2, -0.15) is 5.26 Å². The van der Waals surface area contributed by atoms with Crippen molar-refractivity contribution in [3.05, 3.63) is 71.3 Å². The van der Waals surface area contributed by atoms with E-state index >= 15 is 0 Å². The van der Waals surface area contributed by atoms with Crippen LogP contribution in [0.5, 0.6) is 5.75 Å². The lowest BCUT2D eigenvalue weighted by Gasteiger charge is -2.24. The van der Waals surface area contributed by atoms with Crippen LogP contribution in [0.1, 0.15) is 57.2 Å². The van der Waals surface area contributed by atoms with Crippen LogP contribution in [0.3, 0.4) is 0 Å². The summed E-state index contributed by atoms with van der Waals surface area (Å²) in [6.45, 7) is 7.30. The molecule has 0 fully saturated rings. The Balaban J connectivity index is 2.10. The number of hydrogen-bond donors (Lipinski definition) is 1. The predicted molar refractivity (Wildman–Crippen MR) is 141 cm³/mol. The van der Waals surface area contributed by atoms with Crippen LogP contribution in [0.15, 0.2) is 54.6 Å². The SMILES string of the molecule is CCOC(=O)C=Cc1ccc(C#N)cc1OCC(CCC(=O)OCc1ccccc1)NC(=O)OC(C)(C)C. The van der Waals surface area contributed by atoms with Crippen molar-refractivity contribution < 1.29 is 33.3 Å². The Hall–Kier alpha value is -4.32. The molecule has 0 aromatic heterocycles. The minimum absolute atomic E-state index is 0.0274. The standard InChI is InChI=1S/C29H34N2O7/c1-5-35-26(32)15-13-23-12-11-22(18-30)17-25(23)36-20-24(31-28(34)38-29(2,3)4)14-16-27(33)37-19-21-9-7-6-8-10-21/h6-13,15,17,24H,5,14,16,19-20H2,1-4H3,(H,31,34). The molecule has 1 atom stereocenters. The van der Waals surface area contributed by atoms with E-state index in [2.05, 4.69) is 5.32 Å². The van der Waals surface area contributed by atoms with Gasteiger partial charge < -0.3 is 24.3 Å². The number of nitrogens with one attached hydrogen (secondary N) is 1. The van der Waals surface area contributed by atoms with Gasteiger partial charge in [0.25, 0.3) is 0 Å². The summed E-state index contributed by atoms with van der Waals surface area (Å²) in [5.41, 5.74) is 1.05. The lowest BCUT2D eigenvalue weighted by molar-refractivity contribution is -0.145. The number of nitriles is 1. The largest absolute Gasteiger partial charge is 0.491 e. The van der Waals surface area contributed by atoms with E-state index in [1.54, 1.807) is 39.8 Å². The van der Waals surface area contributed by atoms with Crippen molar-refractivity contribution in [3.63, 3.8) is 0 Å². The number of amides is 1. The molecule has 202 valence electrons. The molecule has 1 amide bonds. The monoisotopic (exact) mass is 522 g/mol. The molecule has 0 saturated carbocycles. The van der Waals surface area contributed by atoms with Crippen molar-refractivity contribution in [2.24, 2.45) is 0 Å². The first-order valence-electron chi connectivity index (χ1n) is 12.3. The fourth-order valence-corrected chi connectivity index (χ4v) is 3.18. The number of esters is 2. The first-order chi connectivity index (χ1) is 18.1. The van der Waals surface area contributed by atoms with E-state index in [0.717, 1.165) is 5.56 Å². The van der Waals surface area contributed by atoms with E-state index in [9.17, 15) is 19.6 Å². The average molecular weight is 523 g/mol. The number of nitrogens with zero attached hydrogens (tertiary/aromatic N) is 1. The fourth-order valence-electron chi connectivity index (χ4n) is 3.18. The highest BCUT2D eigenvalue weighted by Crippen LogP contribution is 2.23. The third-order valence-electron chi connectivity index (χ3n) is 4.93. The zero-order valence-corrected chi connectivity index (χ0v) is 22.2. The summed E-state index contributed by atoms with van der Waals surface area (Å²) in [7, 11) is 0. The summed E-state index contributed by atoms with van der Waals surface area (Å²) in [5.74, 6) is -0.608. The maximum absolute atomic E-state index is 12.4. The molecule has 0 radical (unpaired) electrons. The van der Waals surface area contributed by atoms with E-state index in [0.29, 0.717) is 16.9 Å². The Morgan fingerprint density at radius 3 is 2.47 bits per heavy atom. The van der Waals surface area contributed by atoms with Gasteiger partial charge in [0.05, 0.1) is 24.3 Å². The van der Waals surface area contributed by atoms with Crippen molar-refractivity contribution in [3.8, 4) is 11.8 Å². The van der Waals surface area contributed by atoms with Gasteiger partial charge >= 0.3 is 18.0 Å². The van der Waals surface area contributed by atoms with Crippen molar-refractivity contribution in [2.45, 2.75) is 58.8 Å². The van der Waals surface area contributed by atoms with E-state index in [1.807, 2.05) is 36.4 Å². The third-order valence-corrected chi connectivity index (χ3v) is 4.93. The second kappa shape index (κ2) is 15.1. The van der Waals surface area contributed by atoms with E-state index < -0.39 is 29.7 Å². The van der Waals surface area contributed by atoms with Gasteiger partial charge in [0.1, 0.15) is 24.6 Å². The number of benzene rings is 2. The Bertz CT molecular complexity index is 1150. The first-order valence-corrected chi connectivity index (χ1v) is 12.3. The molecular weight excluding hydrogens is 488 g/mol. The summed E-state index contributed by atoms with van der Waals surface area (Å²) in [4.78, 5) is 36.5. The maximum Gasteiger partial charge on any atom is 0.407 e. The molecular formula is C29H34N2O7. The molecule has 0 aliphatic heterocycles. The quantitative estimate of drug-likeness (QED) is 0.236. The normalized spacial score (nSPS) is 11.8. The van der Waals surface area contributed by atoms with Gasteiger partial charge in [0, 0.05) is 18.1 Å². The Morgan fingerprint density at radius 1 is 1.08 bits per heavy atom. The summed E-state index contributed by atoms with van der Waals surface area (Å²) in [5, 5.41) is 12.0. The zero-order valence-electron chi connectivity index (χ0n) is 22.2. The van der Waals surface area contributed by atoms with Crippen LogP contribution >= 0.6 is 0 Å².